The molecule has 2 aromatic rings. The maximum Gasteiger partial charge on any atom is 0.387 e. The van der Waals surface area contributed by atoms with Crippen LogP contribution in [0.4, 0.5) is 8.78 Å². The molecule has 0 atom stereocenters. The van der Waals surface area contributed by atoms with Crippen LogP contribution >= 0.6 is 0 Å². The Morgan fingerprint density at radius 2 is 1.85 bits per heavy atom. The molecular formula is C13H12F2O4S. The number of ether oxygens (including phenoxy) is 1. The third-order valence-electron chi connectivity index (χ3n) is 2.63. The Balaban J connectivity index is 2.49. The predicted molar refractivity (Wildman–Crippen MR) is 70.2 cm³/mol. The first-order valence-electron chi connectivity index (χ1n) is 5.66. The van der Waals surface area contributed by atoms with E-state index in [-0.39, 0.29) is 17.9 Å². The summed E-state index contributed by atoms with van der Waals surface area (Å²) in [5.41, 5.74) is 0.272. The van der Waals surface area contributed by atoms with Crippen molar-refractivity contribution >= 4 is 20.9 Å². The van der Waals surface area contributed by atoms with Crippen LogP contribution in [0.15, 0.2) is 36.4 Å². The summed E-state index contributed by atoms with van der Waals surface area (Å²) in [5, 5.41) is 1.38. The minimum absolute atomic E-state index is 0.0950. The van der Waals surface area contributed by atoms with Crippen molar-refractivity contribution in [1.29, 1.82) is 0 Å². The third-order valence-corrected chi connectivity index (χ3v) is 3.18. The average Bonchev–Trinajstić information content (AvgIpc) is 2.35. The number of rotatable bonds is 5. The Morgan fingerprint density at radius 3 is 2.50 bits per heavy atom. The SMILES string of the molecule is CS(=O)(=O)OCc1c(OC(F)F)ccc2ccccc12. The highest BCUT2D eigenvalue weighted by atomic mass is 32.2. The van der Waals surface area contributed by atoms with Crippen LogP contribution in [0.2, 0.25) is 0 Å². The Kier molecular flexibility index (Phi) is 4.20. The quantitative estimate of drug-likeness (QED) is 0.797. The number of fused-ring (bicyclic) bond motifs is 1. The predicted octanol–water partition coefficient (Wildman–Crippen LogP) is 2.92. The van der Waals surface area contributed by atoms with E-state index in [1.165, 1.54) is 6.07 Å². The van der Waals surface area contributed by atoms with Crippen molar-refractivity contribution in [3.05, 3.63) is 42.0 Å². The molecule has 0 radical (unpaired) electrons. The van der Waals surface area contributed by atoms with Crippen molar-refractivity contribution in [2.24, 2.45) is 0 Å². The van der Waals surface area contributed by atoms with Gasteiger partial charge in [0, 0.05) is 5.56 Å². The fourth-order valence-electron chi connectivity index (χ4n) is 1.84. The van der Waals surface area contributed by atoms with Gasteiger partial charge < -0.3 is 4.74 Å². The molecule has 2 aromatic carbocycles. The summed E-state index contributed by atoms with van der Waals surface area (Å²) in [7, 11) is -3.68. The highest BCUT2D eigenvalue weighted by Crippen LogP contribution is 2.30. The van der Waals surface area contributed by atoms with Gasteiger partial charge >= 0.3 is 6.61 Å². The minimum atomic E-state index is -3.68. The van der Waals surface area contributed by atoms with Gasteiger partial charge in [-0.25, -0.2) is 0 Å². The molecule has 2 rings (SSSR count). The Labute approximate surface area is 115 Å². The molecule has 0 N–H and O–H groups in total. The fourth-order valence-corrected chi connectivity index (χ4v) is 2.17. The molecule has 0 saturated carbocycles. The smallest absolute Gasteiger partial charge is 0.387 e. The summed E-state index contributed by atoms with van der Waals surface area (Å²) in [6, 6.07) is 9.97. The molecule has 0 bridgehead atoms. The summed E-state index contributed by atoms with van der Waals surface area (Å²) in [5.74, 6) is -0.0950. The van der Waals surface area contributed by atoms with Crippen molar-refractivity contribution in [3.8, 4) is 5.75 Å². The Bertz CT molecular complexity index is 713. The molecule has 0 aliphatic heterocycles. The van der Waals surface area contributed by atoms with Crippen LogP contribution in [-0.2, 0) is 20.9 Å². The number of hydrogen-bond acceptors (Lipinski definition) is 4. The lowest BCUT2D eigenvalue weighted by Crippen LogP contribution is -2.08. The first-order chi connectivity index (χ1) is 9.37. The summed E-state index contributed by atoms with van der Waals surface area (Å²) in [6.45, 7) is -3.35. The highest BCUT2D eigenvalue weighted by molar-refractivity contribution is 7.85. The topological polar surface area (TPSA) is 52.6 Å². The highest BCUT2D eigenvalue weighted by Gasteiger charge is 2.15. The lowest BCUT2D eigenvalue weighted by atomic mass is 10.0. The standard InChI is InChI=1S/C13H12F2O4S/c1-20(16,17)18-8-11-10-5-3-2-4-9(10)6-7-12(11)19-13(14)15/h2-7,13H,8H2,1H3. The number of benzene rings is 2. The minimum Gasteiger partial charge on any atom is -0.434 e. The molecule has 7 heteroatoms. The van der Waals surface area contributed by atoms with Gasteiger partial charge in [-0.2, -0.15) is 17.2 Å². The molecule has 0 aromatic heterocycles. The number of alkyl halides is 2. The zero-order valence-corrected chi connectivity index (χ0v) is 11.4. The van der Waals surface area contributed by atoms with Crippen LogP contribution in [0.25, 0.3) is 10.8 Å². The van der Waals surface area contributed by atoms with Gasteiger partial charge in [0.2, 0.25) is 0 Å². The molecule has 0 spiro atoms. The largest absolute Gasteiger partial charge is 0.434 e. The second kappa shape index (κ2) is 5.72. The molecule has 0 unspecified atom stereocenters. The van der Waals surface area contributed by atoms with Crippen molar-refractivity contribution in [2.75, 3.05) is 6.26 Å². The van der Waals surface area contributed by atoms with E-state index in [2.05, 4.69) is 4.74 Å². The van der Waals surface area contributed by atoms with Crippen molar-refractivity contribution in [2.45, 2.75) is 13.2 Å². The molecule has 0 aliphatic rings. The molecular weight excluding hydrogens is 290 g/mol. The Hall–Kier alpha value is -1.73. The lowest BCUT2D eigenvalue weighted by Gasteiger charge is -2.13. The third kappa shape index (κ3) is 3.64. The normalized spacial score (nSPS) is 12.0. The van der Waals surface area contributed by atoms with E-state index >= 15 is 0 Å². The monoisotopic (exact) mass is 302 g/mol. The van der Waals surface area contributed by atoms with Gasteiger partial charge in [0.1, 0.15) is 5.75 Å². The van der Waals surface area contributed by atoms with Gasteiger partial charge in [-0.15, -0.1) is 0 Å². The van der Waals surface area contributed by atoms with E-state index in [9.17, 15) is 17.2 Å². The second-order valence-electron chi connectivity index (χ2n) is 4.11. The van der Waals surface area contributed by atoms with Crippen molar-refractivity contribution < 1.29 is 26.1 Å². The maximum atomic E-state index is 12.4. The zero-order chi connectivity index (χ0) is 14.8. The Morgan fingerprint density at radius 1 is 1.15 bits per heavy atom. The van der Waals surface area contributed by atoms with E-state index in [0.717, 1.165) is 11.6 Å². The van der Waals surface area contributed by atoms with E-state index in [1.54, 1.807) is 30.3 Å². The van der Waals surface area contributed by atoms with Gasteiger partial charge in [-0.1, -0.05) is 30.3 Å². The van der Waals surface area contributed by atoms with E-state index < -0.39 is 16.7 Å². The second-order valence-corrected chi connectivity index (χ2v) is 5.75. The molecule has 20 heavy (non-hydrogen) atoms. The fraction of sp³-hybridized carbons (Fsp3) is 0.231. The van der Waals surface area contributed by atoms with Crippen LogP contribution in [0, 0.1) is 0 Å². The number of hydrogen-bond donors (Lipinski definition) is 0. The van der Waals surface area contributed by atoms with E-state index in [0.29, 0.717) is 5.39 Å². The summed E-state index contributed by atoms with van der Waals surface area (Å²) in [6.07, 6.45) is 0.895. The average molecular weight is 302 g/mol. The first-order valence-corrected chi connectivity index (χ1v) is 7.48. The molecule has 0 aliphatic carbocycles. The molecule has 0 saturated heterocycles. The maximum absolute atomic E-state index is 12.4. The zero-order valence-electron chi connectivity index (χ0n) is 10.5. The molecule has 108 valence electrons. The van der Waals surface area contributed by atoms with Gasteiger partial charge in [0.05, 0.1) is 12.9 Å². The summed E-state index contributed by atoms with van der Waals surface area (Å²) >= 11 is 0. The van der Waals surface area contributed by atoms with Crippen molar-refractivity contribution in [3.63, 3.8) is 0 Å². The molecule has 0 heterocycles. The van der Waals surface area contributed by atoms with Crippen LogP contribution < -0.4 is 4.74 Å². The summed E-state index contributed by atoms with van der Waals surface area (Å²) in [4.78, 5) is 0. The molecule has 4 nitrogen and oxygen atoms in total. The number of halogens is 2. The van der Waals surface area contributed by atoms with Gasteiger partial charge in [0.25, 0.3) is 10.1 Å². The molecule has 0 amide bonds. The summed E-state index contributed by atoms with van der Waals surface area (Å²) < 4.78 is 56.0. The van der Waals surface area contributed by atoms with Gasteiger partial charge in [0.15, 0.2) is 0 Å². The van der Waals surface area contributed by atoms with Crippen molar-refractivity contribution in [1.82, 2.24) is 0 Å². The molecule has 0 fully saturated rings. The van der Waals surface area contributed by atoms with Crippen LogP contribution in [0.3, 0.4) is 0 Å². The lowest BCUT2D eigenvalue weighted by molar-refractivity contribution is -0.0506. The van der Waals surface area contributed by atoms with Gasteiger partial charge in [-0.05, 0) is 16.8 Å². The van der Waals surface area contributed by atoms with Gasteiger partial charge in [-0.3, -0.25) is 4.18 Å². The first kappa shape index (κ1) is 14.7. The van der Waals surface area contributed by atoms with Crippen LogP contribution in [-0.4, -0.2) is 21.3 Å². The van der Waals surface area contributed by atoms with Crippen LogP contribution in [0.1, 0.15) is 5.56 Å². The van der Waals surface area contributed by atoms with E-state index in [1.807, 2.05) is 0 Å². The van der Waals surface area contributed by atoms with Crippen LogP contribution in [0.5, 0.6) is 5.75 Å². The van der Waals surface area contributed by atoms with E-state index in [4.69, 9.17) is 4.18 Å².